The van der Waals surface area contributed by atoms with Crippen LogP contribution in [0.5, 0.6) is 0 Å². The average molecular weight is 249 g/mol. The Morgan fingerprint density at radius 3 is 2.37 bits per heavy atom. The zero-order chi connectivity index (χ0) is 13.2. The molecule has 3 aromatic rings. The number of hydrogen-bond acceptors (Lipinski definition) is 0. The average Bonchev–Trinajstić information content (AvgIpc) is 2.82. The third-order valence-corrected chi connectivity index (χ3v) is 3.44. The van der Waals surface area contributed by atoms with E-state index in [0.717, 1.165) is 6.42 Å². The maximum atomic E-state index is 3.47. The van der Waals surface area contributed by atoms with Gasteiger partial charge in [-0.3, -0.25) is 0 Å². The summed E-state index contributed by atoms with van der Waals surface area (Å²) in [5.74, 6) is 0.707. The Balaban J connectivity index is 1.93. The van der Waals surface area contributed by atoms with Gasteiger partial charge in [0.1, 0.15) is 0 Å². The van der Waals surface area contributed by atoms with E-state index in [4.69, 9.17) is 0 Å². The highest BCUT2D eigenvalue weighted by atomic mass is 14.7. The van der Waals surface area contributed by atoms with Crippen molar-refractivity contribution in [3.05, 3.63) is 60.2 Å². The molecule has 0 spiro atoms. The highest BCUT2D eigenvalue weighted by molar-refractivity contribution is 5.85. The summed E-state index contributed by atoms with van der Waals surface area (Å²) in [5, 5.41) is 1.27. The molecule has 0 atom stereocenters. The van der Waals surface area contributed by atoms with Crippen molar-refractivity contribution in [1.82, 2.24) is 4.98 Å². The van der Waals surface area contributed by atoms with E-state index in [1.54, 1.807) is 0 Å². The maximum absolute atomic E-state index is 3.47. The molecule has 3 rings (SSSR count). The number of rotatable bonds is 3. The molecule has 0 fully saturated rings. The number of aromatic amines is 1. The standard InChI is InChI=1S/C18H19N/c1-13(2)11-14-7-9-15(10-8-14)18-12-16-5-3-4-6-17(16)19-18/h3-10,12-13,19H,11H2,1-2H3. The van der Waals surface area contributed by atoms with Crippen LogP contribution >= 0.6 is 0 Å². The lowest BCUT2D eigenvalue weighted by atomic mass is 10.0. The van der Waals surface area contributed by atoms with Crippen molar-refractivity contribution < 1.29 is 0 Å². The van der Waals surface area contributed by atoms with Crippen LogP contribution in [0.2, 0.25) is 0 Å². The summed E-state index contributed by atoms with van der Waals surface area (Å²) in [6.07, 6.45) is 1.15. The zero-order valence-corrected chi connectivity index (χ0v) is 11.5. The molecule has 1 aromatic heterocycles. The third-order valence-electron chi connectivity index (χ3n) is 3.44. The lowest BCUT2D eigenvalue weighted by molar-refractivity contribution is 0.647. The van der Waals surface area contributed by atoms with Gasteiger partial charge >= 0.3 is 0 Å². The first kappa shape index (κ1) is 12.0. The zero-order valence-electron chi connectivity index (χ0n) is 11.5. The predicted octanol–water partition coefficient (Wildman–Crippen LogP) is 5.03. The second-order valence-electron chi connectivity index (χ2n) is 5.57. The van der Waals surface area contributed by atoms with Gasteiger partial charge in [0.15, 0.2) is 0 Å². The maximum Gasteiger partial charge on any atom is 0.0464 e. The molecule has 0 aliphatic heterocycles. The minimum Gasteiger partial charge on any atom is -0.355 e. The fraction of sp³-hybridized carbons (Fsp3) is 0.222. The van der Waals surface area contributed by atoms with Crippen LogP contribution in [0, 0.1) is 5.92 Å². The summed E-state index contributed by atoms with van der Waals surface area (Å²) in [7, 11) is 0. The number of benzene rings is 2. The van der Waals surface area contributed by atoms with Crippen LogP contribution in [-0.4, -0.2) is 4.98 Å². The highest BCUT2D eigenvalue weighted by Crippen LogP contribution is 2.24. The van der Waals surface area contributed by atoms with Crippen molar-refractivity contribution in [2.24, 2.45) is 5.92 Å². The first-order valence-electron chi connectivity index (χ1n) is 6.89. The molecule has 19 heavy (non-hydrogen) atoms. The number of fused-ring (bicyclic) bond motifs is 1. The van der Waals surface area contributed by atoms with Crippen molar-refractivity contribution in [3.8, 4) is 11.3 Å². The third kappa shape index (κ3) is 2.55. The van der Waals surface area contributed by atoms with Crippen molar-refractivity contribution in [2.45, 2.75) is 20.3 Å². The molecular formula is C18H19N. The van der Waals surface area contributed by atoms with Crippen LogP contribution in [0.1, 0.15) is 19.4 Å². The molecule has 1 heterocycles. The molecule has 0 saturated carbocycles. The van der Waals surface area contributed by atoms with Gasteiger partial charge in [-0.25, -0.2) is 0 Å². The summed E-state index contributed by atoms with van der Waals surface area (Å²) in [6, 6.07) is 19.5. The van der Waals surface area contributed by atoms with Crippen LogP contribution in [-0.2, 0) is 6.42 Å². The Bertz CT molecular complexity index is 641. The van der Waals surface area contributed by atoms with Crippen molar-refractivity contribution in [1.29, 1.82) is 0 Å². The van der Waals surface area contributed by atoms with Crippen molar-refractivity contribution >= 4 is 10.9 Å². The van der Waals surface area contributed by atoms with E-state index in [9.17, 15) is 0 Å². The first-order chi connectivity index (χ1) is 9.22. The van der Waals surface area contributed by atoms with Crippen LogP contribution in [0.4, 0.5) is 0 Å². The number of aromatic nitrogens is 1. The van der Waals surface area contributed by atoms with E-state index < -0.39 is 0 Å². The number of hydrogen-bond donors (Lipinski definition) is 1. The molecule has 0 amide bonds. The Hall–Kier alpha value is -2.02. The normalized spacial score (nSPS) is 11.3. The SMILES string of the molecule is CC(C)Cc1ccc(-c2cc3ccccc3[nH]2)cc1. The van der Waals surface area contributed by atoms with Crippen LogP contribution < -0.4 is 0 Å². The molecule has 0 radical (unpaired) electrons. The molecule has 0 aliphatic carbocycles. The Kier molecular flexibility index (Phi) is 3.12. The van der Waals surface area contributed by atoms with E-state index in [1.807, 2.05) is 0 Å². The van der Waals surface area contributed by atoms with Crippen LogP contribution in [0.3, 0.4) is 0 Å². The summed E-state index contributed by atoms with van der Waals surface area (Å²) in [5.41, 5.74) is 5.06. The minimum atomic E-state index is 0.707. The van der Waals surface area contributed by atoms with Gasteiger partial charge in [-0.2, -0.15) is 0 Å². The van der Waals surface area contributed by atoms with E-state index in [2.05, 4.69) is 73.4 Å². The van der Waals surface area contributed by atoms with Crippen molar-refractivity contribution in [2.75, 3.05) is 0 Å². The Labute approximate surface area is 114 Å². The largest absolute Gasteiger partial charge is 0.355 e. The molecule has 1 nitrogen and oxygen atoms in total. The van der Waals surface area contributed by atoms with Gasteiger partial charge in [-0.15, -0.1) is 0 Å². The van der Waals surface area contributed by atoms with Gasteiger partial charge in [-0.1, -0.05) is 56.3 Å². The Morgan fingerprint density at radius 1 is 0.947 bits per heavy atom. The lowest BCUT2D eigenvalue weighted by Crippen LogP contribution is -1.93. The smallest absolute Gasteiger partial charge is 0.0464 e. The molecule has 0 bridgehead atoms. The van der Waals surface area contributed by atoms with E-state index in [0.29, 0.717) is 5.92 Å². The molecule has 0 saturated heterocycles. The van der Waals surface area contributed by atoms with E-state index >= 15 is 0 Å². The second kappa shape index (κ2) is 4.93. The van der Waals surface area contributed by atoms with Crippen LogP contribution in [0.25, 0.3) is 22.2 Å². The lowest BCUT2D eigenvalue weighted by Gasteiger charge is -2.05. The highest BCUT2D eigenvalue weighted by Gasteiger charge is 2.03. The summed E-state index contributed by atoms with van der Waals surface area (Å²) >= 11 is 0. The van der Waals surface area contributed by atoms with Gasteiger partial charge in [0.05, 0.1) is 0 Å². The fourth-order valence-electron chi connectivity index (χ4n) is 2.52. The number of para-hydroxylation sites is 1. The number of nitrogens with one attached hydrogen (secondary N) is 1. The first-order valence-corrected chi connectivity index (χ1v) is 6.89. The fourth-order valence-corrected chi connectivity index (χ4v) is 2.52. The molecule has 1 heteroatoms. The number of H-pyrrole nitrogens is 1. The predicted molar refractivity (Wildman–Crippen MR) is 82.3 cm³/mol. The van der Waals surface area contributed by atoms with Gasteiger partial charge < -0.3 is 4.98 Å². The van der Waals surface area contributed by atoms with Gasteiger partial charge in [0.2, 0.25) is 0 Å². The molecule has 0 aliphatic rings. The Morgan fingerprint density at radius 2 is 1.68 bits per heavy atom. The van der Waals surface area contributed by atoms with Crippen molar-refractivity contribution in [3.63, 3.8) is 0 Å². The van der Waals surface area contributed by atoms with Gasteiger partial charge in [0, 0.05) is 16.6 Å². The molecule has 0 unspecified atom stereocenters. The van der Waals surface area contributed by atoms with Gasteiger partial charge in [0.25, 0.3) is 0 Å². The molecule has 96 valence electrons. The summed E-state index contributed by atoms with van der Waals surface area (Å²) in [6.45, 7) is 4.51. The summed E-state index contributed by atoms with van der Waals surface area (Å²) in [4.78, 5) is 3.47. The van der Waals surface area contributed by atoms with Crippen LogP contribution in [0.15, 0.2) is 54.6 Å². The summed E-state index contributed by atoms with van der Waals surface area (Å²) < 4.78 is 0. The molecular weight excluding hydrogens is 230 g/mol. The van der Waals surface area contributed by atoms with Gasteiger partial charge in [-0.05, 0) is 35.6 Å². The topological polar surface area (TPSA) is 15.8 Å². The second-order valence-corrected chi connectivity index (χ2v) is 5.57. The van der Waals surface area contributed by atoms with E-state index in [1.165, 1.54) is 27.7 Å². The molecule has 1 N–H and O–H groups in total. The molecule has 2 aromatic carbocycles. The monoisotopic (exact) mass is 249 g/mol. The quantitative estimate of drug-likeness (QED) is 0.669. The van der Waals surface area contributed by atoms with E-state index in [-0.39, 0.29) is 0 Å². The minimum absolute atomic E-state index is 0.707.